The monoisotopic (exact) mass is 300 g/mol. The van der Waals surface area contributed by atoms with Crippen LogP contribution in [-0.4, -0.2) is 17.1 Å². The molecule has 3 aromatic rings. The van der Waals surface area contributed by atoms with E-state index in [-0.39, 0.29) is 0 Å². The fourth-order valence-corrected chi connectivity index (χ4v) is 3.27. The summed E-state index contributed by atoms with van der Waals surface area (Å²) in [6.07, 6.45) is 0. The molecule has 21 heavy (non-hydrogen) atoms. The second-order valence-electron chi connectivity index (χ2n) is 4.74. The van der Waals surface area contributed by atoms with Crippen LogP contribution in [0, 0.1) is 13.8 Å². The second-order valence-corrected chi connectivity index (χ2v) is 5.94. The summed E-state index contributed by atoms with van der Waals surface area (Å²) >= 11 is 1.65. The van der Waals surface area contributed by atoms with Gasteiger partial charge in [0.05, 0.1) is 12.5 Å². The van der Waals surface area contributed by atoms with Crippen LogP contribution in [0.25, 0.3) is 21.6 Å². The molecule has 108 valence electrons. The summed E-state index contributed by atoms with van der Waals surface area (Å²) in [5, 5.41) is 0.992. The second kappa shape index (κ2) is 5.31. The number of anilines is 1. The highest BCUT2D eigenvalue weighted by molar-refractivity contribution is 7.18. The van der Waals surface area contributed by atoms with Crippen molar-refractivity contribution in [3.05, 3.63) is 34.7 Å². The van der Waals surface area contributed by atoms with Gasteiger partial charge in [-0.1, -0.05) is 12.1 Å². The van der Waals surface area contributed by atoms with Crippen molar-refractivity contribution in [3.8, 4) is 17.1 Å². The summed E-state index contributed by atoms with van der Waals surface area (Å²) < 4.78 is 5.25. The van der Waals surface area contributed by atoms with E-state index in [2.05, 4.69) is 29.2 Å². The third-order valence-corrected chi connectivity index (χ3v) is 4.59. The summed E-state index contributed by atoms with van der Waals surface area (Å²) in [4.78, 5) is 11.4. The number of rotatable bonds is 3. The lowest BCUT2D eigenvalue weighted by molar-refractivity contribution is 0.415. The third kappa shape index (κ3) is 2.32. The van der Waals surface area contributed by atoms with Gasteiger partial charge in [0, 0.05) is 10.4 Å². The average Bonchev–Trinajstić information content (AvgIpc) is 2.81. The highest BCUT2D eigenvalue weighted by Crippen LogP contribution is 2.34. The molecule has 0 spiro atoms. The minimum Gasteiger partial charge on any atom is -0.497 e. The highest BCUT2D eigenvalue weighted by Gasteiger charge is 2.15. The molecule has 3 N–H and O–H groups in total. The van der Waals surface area contributed by atoms with E-state index >= 15 is 0 Å². The predicted molar refractivity (Wildman–Crippen MR) is 86.7 cm³/mol. The predicted octanol–water partition coefficient (Wildman–Crippen LogP) is 3.27. The topological polar surface area (TPSA) is 73.1 Å². The van der Waals surface area contributed by atoms with Crippen molar-refractivity contribution in [1.29, 1.82) is 0 Å². The van der Waals surface area contributed by atoms with Crippen molar-refractivity contribution in [2.75, 3.05) is 12.5 Å². The Balaban J connectivity index is 2.24. The van der Waals surface area contributed by atoms with Gasteiger partial charge in [0.15, 0.2) is 11.6 Å². The SMILES string of the molecule is COc1cccc(-c2nc(NN)c3c(C)c(C)sc3n2)c1. The molecule has 0 atom stereocenters. The number of nitrogens with zero attached hydrogens (tertiary/aromatic N) is 2. The zero-order valence-electron chi connectivity index (χ0n) is 12.1. The van der Waals surface area contributed by atoms with Crippen LogP contribution < -0.4 is 16.0 Å². The molecule has 0 fully saturated rings. The molecule has 2 aromatic heterocycles. The first-order valence-electron chi connectivity index (χ1n) is 6.53. The molecule has 1 aromatic carbocycles. The van der Waals surface area contributed by atoms with E-state index < -0.39 is 0 Å². The van der Waals surface area contributed by atoms with E-state index in [9.17, 15) is 0 Å². The number of nitrogens with two attached hydrogens (primary N) is 1. The Kier molecular flexibility index (Phi) is 3.48. The van der Waals surface area contributed by atoms with Gasteiger partial charge in [-0.25, -0.2) is 15.8 Å². The van der Waals surface area contributed by atoms with Crippen LogP contribution in [0.15, 0.2) is 24.3 Å². The molecule has 3 rings (SSSR count). The molecular weight excluding hydrogens is 284 g/mol. The van der Waals surface area contributed by atoms with Gasteiger partial charge >= 0.3 is 0 Å². The van der Waals surface area contributed by atoms with E-state index in [1.165, 1.54) is 10.4 Å². The molecule has 0 aliphatic heterocycles. The Hall–Kier alpha value is -2.18. The van der Waals surface area contributed by atoms with E-state index in [0.717, 1.165) is 21.5 Å². The number of hydrogen-bond donors (Lipinski definition) is 2. The first-order valence-corrected chi connectivity index (χ1v) is 7.34. The Morgan fingerprint density at radius 1 is 1.24 bits per heavy atom. The van der Waals surface area contributed by atoms with E-state index in [1.807, 2.05) is 24.3 Å². The minimum atomic E-state index is 0.635. The molecule has 0 aliphatic carbocycles. The van der Waals surface area contributed by atoms with Crippen LogP contribution in [0.3, 0.4) is 0 Å². The Bertz CT molecular complexity index is 813. The largest absolute Gasteiger partial charge is 0.497 e. The number of nitrogens with one attached hydrogen (secondary N) is 1. The smallest absolute Gasteiger partial charge is 0.163 e. The maximum absolute atomic E-state index is 5.64. The number of fused-ring (bicyclic) bond motifs is 1. The fourth-order valence-electron chi connectivity index (χ4n) is 2.25. The van der Waals surface area contributed by atoms with Gasteiger partial charge in [-0.15, -0.1) is 11.3 Å². The molecule has 0 radical (unpaired) electrons. The van der Waals surface area contributed by atoms with Gasteiger partial charge < -0.3 is 10.2 Å². The summed E-state index contributed by atoms with van der Waals surface area (Å²) in [7, 11) is 1.64. The maximum Gasteiger partial charge on any atom is 0.163 e. The number of hydrogen-bond acceptors (Lipinski definition) is 6. The van der Waals surface area contributed by atoms with Gasteiger partial charge in [-0.05, 0) is 31.5 Å². The van der Waals surface area contributed by atoms with Crippen molar-refractivity contribution in [1.82, 2.24) is 9.97 Å². The minimum absolute atomic E-state index is 0.635. The first-order chi connectivity index (χ1) is 10.1. The Morgan fingerprint density at radius 3 is 2.76 bits per heavy atom. The van der Waals surface area contributed by atoms with Crippen LogP contribution in [0.5, 0.6) is 5.75 Å². The summed E-state index contributed by atoms with van der Waals surface area (Å²) in [5.74, 6) is 7.70. The van der Waals surface area contributed by atoms with Crippen molar-refractivity contribution in [2.45, 2.75) is 13.8 Å². The van der Waals surface area contributed by atoms with E-state index in [1.54, 1.807) is 18.4 Å². The number of methoxy groups -OCH3 is 1. The molecule has 0 unspecified atom stereocenters. The number of benzene rings is 1. The fraction of sp³-hybridized carbons (Fsp3) is 0.200. The van der Waals surface area contributed by atoms with E-state index in [0.29, 0.717) is 11.6 Å². The average molecular weight is 300 g/mol. The van der Waals surface area contributed by atoms with Crippen molar-refractivity contribution in [2.24, 2.45) is 5.84 Å². The Labute approximate surface area is 126 Å². The molecule has 0 bridgehead atoms. The van der Waals surface area contributed by atoms with Crippen LogP contribution in [0.4, 0.5) is 5.82 Å². The van der Waals surface area contributed by atoms with Crippen LogP contribution in [-0.2, 0) is 0 Å². The summed E-state index contributed by atoms with van der Waals surface area (Å²) in [6.45, 7) is 4.14. The molecule has 0 saturated heterocycles. The number of aromatic nitrogens is 2. The number of hydrazine groups is 1. The molecule has 0 saturated carbocycles. The number of ether oxygens (including phenoxy) is 1. The van der Waals surface area contributed by atoms with Crippen LogP contribution >= 0.6 is 11.3 Å². The number of thiophene rings is 1. The lowest BCUT2D eigenvalue weighted by Crippen LogP contribution is -2.10. The number of nitrogen functional groups attached to an aromatic ring is 1. The number of aryl methyl sites for hydroxylation is 2. The zero-order chi connectivity index (χ0) is 15.0. The van der Waals surface area contributed by atoms with Crippen molar-refractivity contribution in [3.63, 3.8) is 0 Å². The third-order valence-electron chi connectivity index (χ3n) is 3.49. The molecule has 0 aliphatic rings. The molecule has 5 nitrogen and oxygen atoms in total. The normalized spacial score (nSPS) is 10.9. The van der Waals surface area contributed by atoms with Gasteiger partial charge in [-0.3, -0.25) is 0 Å². The highest BCUT2D eigenvalue weighted by atomic mass is 32.1. The van der Waals surface area contributed by atoms with Gasteiger partial charge in [0.25, 0.3) is 0 Å². The molecule has 6 heteroatoms. The molecule has 0 amide bonds. The van der Waals surface area contributed by atoms with Crippen molar-refractivity contribution < 1.29 is 4.74 Å². The molecular formula is C15H16N4OS. The quantitative estimate of drug-likeness (QED) is 0.573. The molecule has 2 heterocycles. The summed E-state index contributed by atoms with van der Waals surface area (Å²) in [5.41, 5.74) is 4.75. The van der Waals surface area contributed by atoms with Gasteiger partial charge in [0.1, 0.15) is 10.6 Å². The Morgan fingerprint density at radius 2 is 2.05 bits per heavy atom. The van der Waals surface area contributed by atoms with Gasteiger partial charge in [-0.2, -0.15) is 0 Å². The van der Waals surface area contributed by atoms with Crippen LogP contribution in [0.1, 0.15) is 10.4 Å². The lowest BCUT2D eigenvalue weighted by atomic mass is 10.2. The zero-order valence-corrected chi connectivity index (χ0v) is 12.9. The standard InChI is InChI=1S/C15H16N4OS/c1-8-9(2)21-15-12(8)14(19-16)17-13(18-15)10-5-4-6-11(7-10)20-3/h4-7H,16H2,1-3H3,(H,17,18,19). The maximum atomic E-state index is 5.64. The van der Waals surface area contributed by atoms with Crippen LogP contribution in [0.2, 0.25) is 0 Å². The van der Waals surface area contributed by atoms with Gasteiger partial charge in [0.2, 0.25) is 0 Å². The summed E-state index contributed by atoms with van der Waals surface area (Å²) in [6, 6.07) is 7.68. The lowest BCUT2D eigenvalue weighted by Gasteiger charge is -2.07. The first kappa shape index (κ1) is 13.8. The van der Waals surface area contributed by atoms with Crippen molar-refractivity contribution >= 4 is 27.4 Å². The van der Waals surface area contributed by atoms with E-state index in [4.69, 9.17) is 10.6 Å².